The molecule has 0 aliphatic rings. The van der Waals surface area contributed by atoms with Crippen molar-refractivity contribution in [3.05, 3.63) is 12.2 Å². The van der Waals surface area contributed by atoms with Crippen LogP contribution >= 0.6 is 0 Å². The van der Waals surface area contributed by atoms with E-state index in [9.17, 15) is 19.8 Å². The largest absolute Gasteiger partial charge is 0.466 e. The maximum atomic E-state index is 12.4. The molecule has 2 unspecified atom stereocenters. The van der Waals surface area contributed by atoms with Gasteiger partial charge in [0.2, 0.25) is 5.91 Å². The molecule has 1 amide bonds. The van der Waals surface area contributed by atoms with Crippen molar-refractivity contribution in [3.8, 4) is 0 Å². The maximum Gasteiger partial charge on any atom is 0.305 e. The van der Waals surface area contributed by atoms with Gasteiger partial charge in [-0.05, 0) is 51.4 Å². The van der Waals surface area contributed by atoms with E-state index >= 15 is 0 Å². The second-order valence-electron chi connectivity index (χ2n) is 17.5. The van der Waals surface area contributed by atoms with E-state index < -0.39 is 12.1 Å². The van der Waals surface area contributed by atoms with Crippen molar-refractivity contribution in [2.75, 3.05) is 13.2 Å². The molecule has 0 saturated heterocycles. The number of nitrogens with one attached hydrogen (secondary N) is 1. The first-order valence-corrected chi connectivity index (χ1v) is 25.4. The molecule has 57 heavy (non-hydrogen) atoms. The fraction of sp³-hybridized carbons (Fsp3) is 0.922. The molecule has 0 saturated carbocycles. The number of amides is 1. The summed E-state index contributed by atoms with van der Waals surface area (Å²) in [7, 11) is 0. The first-order chi connectivity index (χ1) is 28.0. The van der Waals surface area contributed by atoms with Gasteiger partial charge < -0.3 is 20.3 Å². The second kappa shape index (κ2) is 47.3. The highest BCUT2D eigenvalue weighted by atomic mass is 16.5. The van der Waals surface area contributed by atoms with Crippen LogP contribution < -0.4 is 5.32 Å². The molecule has 0 aromatic carbocycles. The Kier molecular flexibility index (Phi) is 46.1. The lowest BCUT2D eigenvalue weighted by molar-refractivity contribution is -0.143. The van der Waals surface area contributed by atoms with Crippen molar-refractivity contribution in [1.29, 1.82) is 0 Å². The SMILES string of the molecule is CCCCCCCCC/C=C\CCCCCCCC(=O)OCCCCCCCCCCCCCCCC(=O)NC(CO)C(O)CCCCCCCCCCCCC. The highest BCUT2D eigenvalue weighted by Gasteiger charge is 2.20. The molecule has 0 rings (SSSR count). The van der Waals surface area contributed by atoms with Crippen molar-refractivity contribution in [2.24, 2.45) is 0 Å². The molecule has 0 heterocycles. The molecule has 6 heteroatoms. The minimum absolute atomic E-state index is 0.0128. The zero-order chi connectivity index (χ0) is 41.5. The van der Waals surface area contributed by atoms with Crippen LogP contribution in [0, 0.1) is 0 Å². The van der Waals surface area contributed by atoms with E-state index in [1.807, 2.05) is 0 Å². The number of rotatable bonds is 47. The molecule has 3 N–H and O–H groups in total. The lowest BCUT2D eigenvalue weighted by atomic mass is 10.0. The highest BCUT2D eigenvalue weighted by molar-refractivity contribution is 5.76. The molecular weight excluding hydrogens is 707 g/mol. The van der Waals surface area contributed by atoms with E-state index in [0.29, 0.717) is 25.9 Å². The smallest absolute Gasteiger partial charge is 0.305 e. The Hall–Kier alpha value is -1.40. The Morgan fingerprint density at radius 1 is 0.474 bits per heavy atom. The normalized spacial score (nSPS) is 12.7. The Balaban J connectivity index is 3.43. The Morgan fingerprint density at radius 3 is 1.25 bits per heavy atom. The predicted octanol–water partition coefficient (Wildman–Crippen LogP) is 15.0. The van der Waals surface area contributed by atoms with Gasteiger partial charge in [-0.2, -0.15) is 0 Å². The molecule has 0 aliphatic carbocycles. The third kappa shape index (κ3) is 44.0. The van der Waals surface area contributed by atoms with Gasteiger partial charge >= 0.3 is 5.97 Å². The van der Waals surface area contributed by atoms with Gasteiger partial charge in [0.25, 0.3) is 0 Å². The third-order valence-corrected chi connectivity index (χ3v) is 11.8. The van der Waals surface area contributed by atoms with Crippen molar-refractivity contribution in [2.45, 2.75) is 289 Å². The van der Waals surface area contributed by atoms with Crippen LogP contribution in [0.3, 0.4) is 0 Å². The second-order valence-corrected chi connectivity index (χ2v) is 17.5. The van der Waals surface area contributed by atoms with Gasteiger partial charge in [0.1, 0.15) is 0 Å². The summed E-state index contributed by atoms with van der Waals surface area (Å²) in [5.41, 5.74) is 0. The van der Waals surface area contributed by atoms with Crippen LogP contribution in [0.2, 0.25) is 0 Å². The number of unbranched alkanes of at least 4 members (excludes halogenated alkanes) is 34. The number of esters is 1. The molecule has 0 aromatic rings. The Morgan fingerprint density at radius 2 is 0.825 bits per heavy atom. The predicted molar refractivity (Wildman–Crippen MR) is 246 cm³/mol. The molecule has 0 aliphatic heterocycles. The van der Waals surface area contributed by atoms with Crippen molar-refractivity contribution >= 4 is 11.9 Å². The molecule has 6 nitrogen and oxygen atoms in total. The van der Waals surface area contributed by atoms with Gasteiger partial charge in [-0.25, -0.2) is 0 Å². The van der Waals surface area contributed by atoms with Crippen LogP contribution in [-0.2, 0) is 14.3 Å². The first-order valence-electron chi connectivity index (χ1n) is 25.4. The van der Waals surface area contributed by atoms with Crippen LogP contribution in [0.1, 0.15) is 277 Å². The van der Waals surface area contributed by atoms with Crippen LogP contribution in [0.25, 0.3) is 0 Å². The van der Waals surface area contributed by atoms with Crippen LogP contribution in [-0.4, -0.2) is 47.4 Å². The Bertz CT molecular complexity index is 847. The van der Waals surface area contributed by atoms with Gasteiger partial charge in [-0.1, -0.05) is 225 Å². The summed E-state index contributed by atoms with van der Waals surface area (Å²) in [6, 6.07) is -0.549. The number of carbonyl (C=O) groups is 2. The van der Waals surface area contributed by atoms with E-state index in [2.05, 4.69) is 31.3 Å². The van der Waals surface area contributed by atoms with Crippen LogP contribution in [0.4, 0.5) is 0 Å². The number of aliphatic hydroxyl groups is 2. The van der Waals surface area contributed by atoms with Gasteiger partial charge in [0, 0.05) is 12.8 Å². The zero-order valence-electron chi connectivity index (χ0n) is 38.3. The summed E-state index contributed by atoms with van der Waals surface area (Å²) < 4.78 is 5.46. The minimum atomic E-state index is -0.670. The van der Waals surface area contributed by atoms with Crippen molar-refractivity contribution in [1.82, 2.24) is 5.32 Å². The summed E-state index contributed by atoms with van der Waals surface area (Å²) in [6.07, 6.45) is 53.2. The molecular formula is C51H99NO5. The van der Waals surface area contributed by atoms with Crippen molar-refractivity contribution in [3.63, 3.8) is 0 Å². The van der Waals surface area contributed by atoms with Crippen LogP contribution in [0.15, 0.2) is 12.2 Å². The summed E-state index contributed by atoms with van der Waals surface area (Å²) >= 11 is 0. The molecule has 2 atom stereocenters. The average Bonchev–Trinajstić information content (AvgIpc) is 3.21. The topological polar surface area (TPSA) is 95.9 Å². The average molecular weight is 806 g/mol. The van der Waals surface area contributed by atoms with E-state index in [1.165, 1.54) is 193 Å². The van der Waals surface area contributed by atoms with E-state index in [-0.39, 0.29) is 18.5 Å². The summed E-state index contributed by atoms with van der Waals surface area (Å²) in [6.45, 7) is 4.91. The van der Waals surface area contributed by atoms with Gasteiger partial charge in [-0.15, -0.1) is 0 Å². The lowest BCUT2D eigenvalue weighted by Gasteiger charge is -2.22. The molecule has 0 spiro atoms. The number of aliphatic hydroxyl groups excluding tert-OH is 2. The highest BCUT2D eigenvalue weighted by Crippen LogP contribution is 2.16. The fourth-order valence-electron chi connectivity index (χ4n) is 7.87. The zero-order valence-corrected chi connectivity index (χ0v) is 38.3. The van der Waals surface area contributed by atoms with Crippen LogP contribution in [0.5, 0.6) is 0 Å². The Labute approximate surface area is 355 Å². The standard InChI is InChI=1S/C51H99NO5/c1-3-5-7-9-11-13-15-16-17-18-21-25-29-33-37-41-45-51(56)57-46-42-38-34-30-26-22-19-20-24-28-32-36-40-44-50(55)52-48(47-53)49(54)43-39-35-31-27-23-14-12-10-8-6-4-2/h17-18,48-49,53-54H,3-16,19-47H2,1-2H3,(H,52,55)/b18-17-. The monoisotopic (exact) mass is 806 g/mol. The van der Waals surface area contributed by atoms with E-state index in [0.717, 1.165) is 51.4 Å². The fourth-order valence-corrected chi connectivity index (χ4v) is 7.87. The molecule has 0 radical (unpaired) electrons. The van der Waals surface area contributed by atoms with Gasteiger partial charge in [0.05, 0.1) is 25.4 Å². The van der Waals surface area contributed by atoms with Crippen molar-refractivity contribution < 1.29 is 24.5 Å². The number of carbonyl (C=O) groups excluding carboxylic acids is 2. The quantitative estimate of drug-likeness (QED) is 0.0323. The van der Waals surface area contributed by atoms with E-state index in [1.54, 1.807) is 0 Å². The molecule has 338 valence electrons. The summed E-state index contributed by atoms with van der Waals surface area (Å²) in [5.74, 6) is -0.0617. The minimum Gasteiger partial charge on any atom is -0.466 e. The number of allylic oxidation sites excluding steroid dienone is 2. The molecule has 0 bridgehead atoms. The maximum absolute atomic E-state index is 12.4. The van der Waals surface area contributed by atoms with Gasteiger partial charge in [0.15, 0.2) is 0 Å². The first kappa shape index (κ1) is 55.6. The van der Waals surface area contributed by atoms with Gasteiger partial charge in [-0.3, -0.25) is 9.59 Å². The van der Waals surface area contributed by atoms with E-state index in [4.69, 9.17) is 4.74 Å². The molecule has 0 aromatic heterocycles. The summed E-state index contributed by atoms with van der Waals surface area (Å²) in [4.78, 5) is 24.4. The number of hydrogen-bond donors (Lipinski definition) is 3. The lowest BCUT2D eigenvalue weighted by Crippen LogP contribution is -2.45. The summed E-state index contributed by atoms with van der Waals surface area (Å²) in [5, 5.41) is 23.1. The third-order valence-electron chi connectivity index (χ3n) is 11.8. The number of ether oxygens (including phenoxy) is 1. The molecule has 0 fully saturated rings. The number of hydrogen-bond acceptors (Lipinski definition) is 5.